The average Bonchev–Trinajstić information content (AvgIpc) is 2.43. The lowest BCUT2D eigenvalue weighted by molar-refractivity contribution is 0.297. The van der Waals surface area contributed by atoms with E-state index < -0.39 is 9.84 Å². The van der Waals surface area contributed by atoms with E-state index in [4.69, 9.17) is 0 Å². The van der Waals surface area contributed by atoms with Crippen molar-refractivity contribution >= 4 is 15.8 Å². The van der Waals surface area contributed by atoms with Crippen LogP contribution in [0, 0.1) is 0 Å². The van der Waals surface area contributed by atoms with E-state index in [1.165, 1.54) is 6.26 Å². The summed E-state index contributed by atoms with van der Waals surface area (Å²) in [7, 11) is -2.91. The van der Waals surface area contributed by atoms with Crippen molar-refractivity contribution in [3.63, 3.8) is 0 Å². The molecule has 22 heavy (non-hydrogen) atoms. The first-order chi connectivity index (χ1) is 10.3. The average molecular weight is 335 g/mol. The highest BCUT2D eigenvalue weighted by Gasteiger charge is 2.09. The zero-order valence-electron chi connectivity index (χ0n) is 14.9. The van der Waals surface area contributed by atoms with E-state index in [1.54, 1.807) is 0 Å². The molecule has 6 nitrogen and oxygen atoms in total. The SMILES string of the molecule is CCCN(CC)CCN=C(NCC)NC(C)CCS(C)(=O)=O. The molecule has 0 aliphatic carbocycles. The summed E-state index contributed by atoms with van der Waals surface area (Å²) in [5.41, 5.74) is 0. The zero-order valence-corrected chi connectivity index (χ0v) is 15.7. The molecule has 0 saturated heterocycles. The van der Waals surface area contributed by atoms with Crippen LogP contribution in [0.2, 0.25) is 0 Å². The molecule has 0 aliphatic heterocycles. The molecule has 0 radical (unpaired) electrons. The quantitative estimate of drug-likeness (QED) is 0.437. The van der Waals surface area contributed by atoms with Gasteiger partial charge in [-0.15, -0.1) is 0 Å². The van der Waals surface area contributed by atoms with Crippen LogP contribution in [0.4, 0.5) is 0 Å². The van der Waals surface area contributed by atoms with Crippen molar-refractivity contribution in [1.82, 2.24) is 15.5 Å². The van der Waals surface area contributed by atoms with E-state index >= 15 is 0 Å². The van der Waals surface area contributed by atoms with Crippen LogP contribution in [-0.4, -0.2) is 70.1 Å². The van der Waals surface area contributed by atoms with E-state index in [-0.39, 0.29) is 11.8 Å². The van der Waals surface area contributed by atoms with E-state index in [2.05, 4.69) is 34.4 Å². The minimum Gasteiger partial charge on any atom is -0.357 e. The van der Waals surface area contributed by atoms with Gasteiger partial charge >= 0.3 is 0 Å². The van der Waals surface area contributed by atoms with Gasteiger partial charge in [0.15, 0.2) is 5.96 Å². The highest BCUT2D eigenvalue weighted by Crippen LogP contribution is 1.96. The van der Waals surface area contributed by atoms with Crippen molar-refractivity contribution in [2.75, 3.05) is 44.7 Å². The molecule has 0 heterocycles. The number of hydrogen-bond donors (Lipinski definition) is 2. The predicted octanol–water partition coefficient (Wildman–Crippen LogP) is 1.10. The van der Waals surface area contributed by atoms with Crippen molar-refractivity contribution in [2.24, 2.45) is 4.99 Å². The van der Waals surface area contributed by atoms with Gasteiger partial charge in [-0.3, -0.25) is 4.99 Å². The van der Waals surface area contributed by atoms with E-state index in [9.17, 15) is 8.42 Å². The van der Waals surface area contributed by atoms with Gasteiger partial charge < -0.3 is 15.5 Å². The number of guanidine groups is 1. The van der Waals surface area contributed by atoms with Crippen LogP contribution in [0.25, 0.3) is 0 Å². The molecule has 2 N–H and O–H groups in total. The van der Waals surface area contributed by atoms with Crippen molar-refractivity contribution in [3.05, 3.63) is 0 Å². The Balaban J connectivity index is 4.35. The lowest BCUT2D eigenvalue weighted by Crippen LogP contribution is -2.43. The molecular formula is C15H34N4O2S. The molecular weight excluding hydrogens is 300 g/mol. The van der Waals surface area contributed by atoms with Crippen LogP contribution in [-0.2, 0) is 9.84 Å². The summed E-state index contributed by atoms with van der Waals surface area (Å²) in [5.74, 6) is 0.955. The number of nitrogens with zero attached hydrogens (tertiary/aromatic N) is 2. The van der Waals surface area contributed by atoms with Gasteiger partial charge in [-0.2, -0.15) is 0 Å². The van der Waals surface area contributed by atoms with Gasteiger partial charge in [-0.05, 0) is 39.8 Å². The Kier molecular flexibility index (Phi) is 11.3. The Morgan fingerprint density at radius 2 is 1.91 bits per heavy atom. The molecule has 0 fully saturated rings. The second kappa shape index (κ2) is 11.7. The number of rotatable bonds is 11. The molecule has 7 heteroatoms. The summed E-state index contributed by atoms with van der Waals surface area (Å²) in [4.78, 5) is 6.95. The lowest BCUT2D eigenvalue weighted by Gasteiger charge is -2.20. The normalized spacial score (nSPS) is 14.2. The van der Waals surface area contributed by atoms with E-state index in [0.717, 1.165) is 45.1 Å². The third kappa shape index (κ3) is 11.8. The summed E-state index contributed by atoms with van der Waals surface area (Å²) < 4.78 is 22.4. The molecule has 0 amide bonds. The van der Waals surface area contributed by atoms with Gasteiger partial charge in [0.1, 0.15) is 9.84 Å². The van der Waals surface area contributed by atoms with Gasteiger partial charge in [0.05, 0.1) is 12.3 Å². The third-order valence-electron chi connectivity index (χ3n) is 3.32. The maximum absolute atomic E-state index is 11.2. The summed E-state index contributed by atoms with van der Waals surface area (Å²) in [6, 6.07) is 0.0745. The molecule has 0 aromatic carbocycles. The van der Waals surface area contributed by atoms with Crippen molar-refractivity contribution in [1.29, 1.82) is 0 Å². The standard InChI is InChI=1S/C15H34N4O2S/c1-6-11-19(8-3)12-10-17-15(16-7-2)18-14(4)9-13-22(5,20)21/h14H,6-13H2,1-5H3,(H2,16,17,18). The van der Waals surface area contributed by atoms with Gasteiger partial charge in [0.2, 0.25) is 0 Å². The molecule has 0 bridgehead atoms. The highest BCUT2D eigenvalue weighted by atomic mass is 32.2. The maximum Gasteiger partial charge on any atom is 0.191 e. The Morgan fingerprint density at radius 1 is 1.23 bits per heavy atom. The molecule has 1 atom stereocenters. The summed E-state index contributed by atoms with van der Waals surface area (Å²) in [5, 5.41) is 6.48. The number of hydrogen-bond acceptors (Lipinski definition) is 4. The Labute approximate surface area is 136 Å². The Bertz CT molecular complexity index is 410. The second-order valence-electron chi connectivity index (χ2n) is 5.66. The fourth-order valence-electron chi connectivity index (χ4n) is 2.06. The first-order valence-corrected chi connectivity index (χ1v) is 10.3. The fourth-order valence-corrected chi connectivity index (χ4v) is 2.85. The summed E-state index contributed by atoms with van der Waals surface area (Å²) >= 11 is 0. The molecule has 132 valence electrons. The van der Waals surface area contributed by atoms with Crippen LogP contribution < -0.4 is 10.6 Å². The molecule has 1 unspecified atom stereocenters. The topological polar surface area (TPSA) is 73.8 Å². The molecule has 0 aliphatic rings. The first kappa shape index (κ1) is 21.2. The number of sulfone groups is 1. The molecule has 0 saturated carbocycles. The predicted molar refractivity (Wildman–Crippen MR) is 95.3 cm³/mol. The van der Waals surface area contributed by atoms with Crippen LogP contribution in [0.5, 0.6) is 0 Å². The molecule has 0 spiro atoms. The summed E-state index contributed by atoms with van der Waals surface area (Å²) in [6.45, 7) is 13.0. The third-order valence-corrected chi connectivity index (χ3v) is 4.30. The highest BCUT2D eigenvalue weighted by molar-refractivity contribution is 7.90. The van der Waals surface area contributed by atoms with Gasteiger partial charge in [-0.25, -0.2) is 8.42 Å². The Morgan fingerprint density at radius 3 is 2.41 bits per heavy atom. The summed E-state index contributed by atoms with van der Waals surface area (Å²) in [6.07, 6.45) is 3.00. The molecule has 0 aromatic heterocycles. The zero-order chi connectivity index (χ0) is 17.0. The van der Waals surface area contributed by atoms with Crippen molar-refractivity contribution < 1.29 is 8.42 Å². The molecule has 0 aromatic rings. The van der Waals surface area contributed by atoms with Gasteiger partial charge in [-0.1, -0.05) is 13.8 Å². The molecule has 0 rings (SSSR count). The van der Waals surface area contributed by atoms with E-state index in [1.807, 2.05) is 13.8 Å². The van der Waals surface area contributed by atoms with Crippen molar-refractivity contribution in [2.45, 2.75) is 46.6 Å². The second-order valence-corrected chi connectivity index (χ2v) is 7.92. The number of aliphatic imine (C=N–C) groups is 1. The van der Waals surface area contributed by atoms with Crippen LogP contribution in [0.1, 0.15) is 40.5 Å². The van der Waals surface area contributed by atoms with Crippen LogP contribution >= 0.6 is 0 Å². The smallest absolute Gasteiger partial charge is 0.191 e. The number of nitrogens with one attached hydrogen (secondary N) is 2. The first-order valence-electron chi connectivity index (χ1n) is 8.27. The fraction of sp³-hybridized carbons (Fsp3) is 0.933. The Hall–Kier alpha value is -0.820. The lowest BCUT2D eigenvalue weighted by atomic mass is 10.3. The van der Waals surface area contributed by atoms with Crippen LogP contribution in [0.3, 0.4) is 0 Å². The minimum atomic E-state index is -2.91. The largest absolute Gasteiger partial charge is 0.357 e. The monoisotopic (exact) mass is 334 g/mol. The van der Waals surface area contributed by atoms with Crippen molar-refractivity contribution in [3.8, 4) is 0 Å². The number of likely N-dealkylation sites (N-methyl/N-ethyl adjacent to an activating group) is 1. The van der Waals surface area contributed by atoms with Gasteiger partial charge in [0, 0.05) is 25.4 Å². The maximum atomic E-state index is 11.2. The van der Waals surface area contributed by atoms with Gasteiger partial charge in [0.25, 0.3) is 0 Å². The minimum absolute atomic E-state index is 0.0745. The van der Waals surface area contributed by atoms with Crippen LogP contribution in [0.15, 0.2) is 4.99 Å². The van der Waals surface area contributed by atoms with E-state index in [0.29, 0.717) is 6.42 Å².